The second kappa shape index (κ2) is 12.3. The average Bonchev–Trinajstić information content (AvgIpc) is 3.30. The van der Waals surface area contributed by atoms with Gasteiger partial charge in [-0.05, 0) is 88.0 Å². The van der Waals surface area contributed by atoms with Gasteiger partial charge >= 0.3 is 0 Å². The normalized spacial score (nSPS) is 22.8. The van der Waals surface area contributed by atoms with Crippen LogP contribution in [-0.2, 0) is 12.8 Å². The molecular weight excluding hydrogens is 511 g/mol. The van der Waals surface area contributed by atoms with E-state index in [-0.39, 0.29) is 18.0 Å². The minimum Gasteiger partial charge on any atom is -0.496 e. The first-order valence-corrected chi connectivity index (χ1v) is 13.4. The number of nitrogens with one attached hydrogen (secondary N) is 3. The Kier molecular flexibility index (Phi) is 9.16. The van der Waals surface area contributed by atoms with Gasteiger partial charge in [0.1, 0.15) is 17.9 Å². The molecule has 2 heterocycles. The summed E-state index contributed by atoms with van der Waals surface area (Å²) in [5.74, 6) is 0.100. The fraction of sp³-hybridized carbons (Fsp3) is 0.519. The van der Waals surface area contributed by atoms with Crippen molar-refractivity contribution in [3.63, 3.8) is 0 Å². The van der Waals surface area contributed by atoms with Gasteiger partial charge in [0.05, 0.1) is 7.11 Å². The summed E-state index contributed by atoms with van der Waals surface area (Å²) in [5.41, 5.74) is 1.75. The largest absolute Gasteiger partial charge is 0.496 e. The molecule has 0 aliphatic carbocycles. The SMILES string of the molecule is COc1ccc(Br)cc1CCc1c(F)cccc1C(=O)NC1NCC(CCN2CCCCC2C)N1. The first-order valence-electron chi connectivity index (χ1n) is 12.6. The Labute approximate surface area is 216 Å². The van der Waals surface area contributed by atoms with Gasteiger partial charge in [0, 0.05) is 34.2 Å². The van der Waals surface area contributed by atoms with Crippen molar-refractivity contribution >= 4 is 21.8 Å². The van der Waals surface area contributed by atoms with Crippen LogP contribution in [0.2, 0.25) is 0 Å². The van der Waals surface area contributed by atoms with Gasteiger partial charge in [-0.15, -0.1) is 0 Å². The molecule has 0 saturated carbocycles. The number of likely N-dealkylation sites (tertiary alicyclic amines) is 1. The molecule has 3 N–H and O–H groups in total. The van der Waals surface area contributed by atoms with Crippen molar-refractivity contribution in [1.82, 2.24) is 20.9 Å². The Morgan fingerprint density at radius 2 is 2.11 bits per heavy atom. The molecule has 2 saturated heterocycles. The molecule has 2 fully saturated rings. The molecular formula is C27H36BrFN4O2. The molecule has 0 radical (unpaired) electrons. The molecule has 3 atom stereocenters. The summed E-state index contributed by atoms with van der Waals surface area (Å²) in [6.45, 7) is 5.35. The van der Waals surface area contributed by atoms with Gasteiger partial charge in [-0.3, -0.25) is 15.4 Å². The van der Waals surface area contributed by atoms with Gasteiger partial charge in [-0.2, -0.15) is 0 Å². The lowest BCUT2D eigenvalue weighted by Gasteiger charge is -2.33. The third-order valence-electron chi connectivity index (χ3n) is 7.20. The third-order valence-corrected chi connectivity index (χ3v) is 7.70. The van der Waals surface area contributed by atoms with Crippen LogP contribution in [0.15, 0.2) is 40.9 Å². The van der Waals surface area contributed by atoms with Crippen LogP contribution in [0.5, 0.6) is 5.75 Å². The summed E-state index contributed by atoms with van der Waals surface area (Å²) < 4.78 is 21.2. The Bertz CT molecular complexity index is 1020. The number of hydrogen-bond acceptors (Lipinski definition) is 5. The smallest absolute Gasteiger partial charge is 0.253 e. The molecule has 8 heteroatoms. The molecule has 1 amide bonds. The topological polar surface area (TPSA) is 65.6 Å². The summed E-state index contributed by atoms with van der Waals surface area (Å²) in [4.78, 5) is 15.7. The zero-order valence-corrected chi connectivity index (χ0v) is 22.2. The van der Waals surface area contributed by atoms with E-state index in [1.807, 2.05) is 18.2 Å². The first kappa shape index (κ1) is 26.1. The number of carbonyl (C=O) groups excluding carboxylic acids is 1. The molecule has 2 aromatic carbocycles. The highest BCUT2D eigenvalue weighted by Gasteiger charge is 2.27. The number of aryl methyl sites for hydroxylation is 1. The number of rotatable bonds is 9. The van der Waals surface area contributed by atoms with E-state index in [4.69, 9.17) is 4.74 Å². The summed E-state index contributed by atoms with van der Waals surface area (Å²) in [5, 5.41) is 9.81. The highest BCUT2D eigenvalue weighted by atomic mass is 79.9. The minimum atomic E-state index is -0.368. The molecule has 0 bridgehead atoms. The summed E-state index contributed by atoms with van der Waals surface area (Å²) in [6.07, 6.45) is 5.54. The number of piperidine rings is 1. The lowest BCUT2D eigenvalue weighted by molar-refractivity contribution is 0.0926. The molecule has 4 rings (SSSR count). The van der Waals surface area contributed by atoms with Crippen molar-refractivity contribution in [2.24, 2.45) is 0 Å². The highest BCUT2D eigenvalue weighted by molar-refractivity contribution is 9.10. The van der Waals surface area contributed by atoms with E-state index in [0.29, 0.717) is 36.1 Å². The number of hydrogen-bond donors (Lipinski definition) is 3. The summed E-state index contributed by atoms with van der Waals surface area (Å²) >= 11 is 3.48. The molecule has 3 unspecified atom stereocenters. The van der Waals surface area contributed by atoms with Gasteiger partial charge in [-0.25, -0.2) is 4.39 Å². The summed E-state index contributed by atoms with van der Waals surface area (Å²) in [6, 6.07) is 11.4. The van der Waals surface area contributed by atoms with Gasteiger partial charge < -0.3 is 15.0 Å². The number of methoxy groups -OCH3 is 1. The Morgan fingerprint density at radius 3 is 2.91 bits per heavy atom. The van der Waals surface area contributed by atoms with Gasteiger partial charge in [0.2, 0.25) is 0 Å². The lowest BCUT2D eigenvalue weighted by Crippen LogP contribution is -2.49. The number of ether oxygens (including phenoxy) is 1. The van der Waals surface area contributed by atoms with Crippen molar-refractivity contribution in [1.29, 1.82) is 0 Å². The van der Waals surface area contributed by atoms with Crippen LogP contribution in [0.3, 0.4) is 0 Å². The van der Waals surface area contributed by atoms with E-state index >= 15 is 0 Å². The molecule has 190 valence electrons. The Hall–Kier alpha value is -2.00. The molecule has 2 aliphatic heterocycles. The second-order valence-corrected chi connectivity index (χ2v) is 10.5. The standard InChI is InChI=1S/C27H36BrFN4O2/c1-18-6-3-4-14-33(18)15-13-21-17-30-27(31-21)32-26(34)23-7-5-8-24(29)22(23)11-9-19-16-20(28)10-12-25(19)35-2/h5,7-8,10,12,16,18,21,27,30-31H,3-4,6,9,11,13-15,17H2,1-2H3,(H,32,34). The number of halogens is 2. The molecule has 2 aromatic rings. The van der Waals surface area contributed by atoms with Crippen LogP contribution < -0.4 is 20.7 Å². The van der Waals surface area contributed by atoms with Crippen LogP contribution >= 0.6 is 15.9 Å². The highest BCUT2D eigenvalue weighted by Crippen LogP contribution is 2.26. The van der Waals surface area contributed by atoms with Crippen LogP contribution in [-0.4, -0.2) is 55.9 Å². The van der Waals surface area contributed by atoms with E-state index in [0.717, 1.165) is 35.3 Å². The lowest BCUT2D eigenvalue weighted by atomic mass is 9.98. The van der Waals surface area contributed by atoms with E-state index in [9.17, 15) is 9.18 Å². The van der Waals surface area contributed by atoms with E-state index in [1.54, 1.807) is 19.2 Å². The van der Waals surface area contributed by atoms with Crippen LogP contribution in [0, 0.1) is 5.82 Å². The Morgan fingerprint density at radius 1 is 1.26 bits per heavy atom. The van der Waals surface area contributed by atoms with Gasteiger partial charge in [0.25, 0.3) is 5.91 Å². The maximum absolute atomic E-state index is 14.8. The van der Waals surface area contributed by atoms with Crippen molar-refractivity contribution in [3.8, 4) is 5.75 Å². The van der Waals surface area contributed by atoms with Crippen molar-refractivity contribution in [2.45, 2.75) is 63.8 Å². The van der Waals surface area contributed by atoms with Gasteiger partial charge in [-0.1, -0.05) is 28.4 Å². The minimum absolute atomic E-state index is 0.281. The number of amides is 1. The van der Waals surface area contributed by atoms with Crippen molar-refractivity contribution < 1.29 is 13.9 Å². The predicted molar refractivity (Wildman–Crippen MR) is 140 cm³/mol. The quantitative estimate of drug-likeness (QED) is 0.439. The number of benzene rings is 2. The van der Waals surface area contributed by atoms with E-state index in [2.05, 4.69) is 43.7 Å². The second-order valence-electron chi connectivity index (χ2n) is 9.57. The zero-order valence-electron chi connectivity index (χ0n) is 20.6. The van der Waals surface area contributed by atoms with Crippen molar-refractivity contribution in [2.75, 3.05) is 26.7 Å². The van der Waals surface area contributed by atoms with Crippen molar-refractivity contribution in [3.05, 3.63) is 63.4 Å². The third kappa shape index (κ3) is 6.82. The fourth-order valence-corrected chi connectivity index (χ4v) is 5.55. The molecule has 0 spiro atoms. The maximum Gasteiger partial charge on any atom is 0.253 e. The zero-order chi connectivity index (χ0) is 24.8. The van der Waals surface area contributed by atoms with E-state index < -0.39 is 0 Å². The molecule has 0 aromatic heterocycles. The van der Waals surface area contributed by atoms with Crippen LogP contribution in [0.4, 0.5) is 4.39 Å². The monoisotopic (exact) mass is 546 g/mol. The predicted octanol–water partition coefficient (Wildman–Crippen LogP) is 4.22. The first-order chi connectivity index (χ1) is 16.9. The molecule has 2 aliphatic rings. The Balaban J connectivity index is 1.34. The van der Waals surface area contributed by atoms with Crippen LogP contribution in [0.25, 0.3) is 0 Å². The number of nitrogens with zero attached hydrogens (tertiary/aromatic N) is 1. The average molecular weight is 548 g/mol. The molecule has 6 nitrogen and oxygen atoms in total. The maximum atomic E-state index is 14.8. The summed E-state index contributed by atoms with van der Waals surface area (Å²) in [7, 11) is 1.62. The van der Waals surface area contributed by atoms with E-state index in [1.165, 1.54) is 31.9 Å². The number of carbonyl (C=O) groups is 1. The van der Waals surface area contributed by atoms with Crippen LogP contribution in [0.1, 0.15) is 54.1 Å². The fourth-order valence-electron chi connectivity index (χ4n) is 5.14. The van der Waals surface area contributed by atoms with Gasteiger partial charge in [0.15, 0.2) is 0 Å². The molecule has 35 heavy (non-hydrogen) atoms.